The minimum atomic E-state index is 0. The third-order valence-corrected chi connectivity index (χ3v) is 2.69. The Kier molecular flexibility index (Phi) is 18.6. The summed E-state index contributed by atoms with van der Waals surface area (Å²) in [5.74, 6) is 0. The van der Waals surface area contributed by atoms with Gasteiger partial charge in [0.15, 0.2) is 0 Å². The molecule has 0 heterocycles. The molecule has 0 fully saturated rings. The zero-order valence-corrected chi connectivity index (χ0v) is 8.48. The van der Waals surface area contributed by atoms with Crippen LogP contribution in [0.4, 0.5) is 0 Å². The van der Waals surface area contributed by atoms with E-state index in [0.29, 0.717) is 0 Å². The molecule has 0 rings (SSSR count). The van der Waals surface area contributed by atoms with Gasteiger partial charge in [-0.3, -0.25) is 0 Å². The lowest BCUT2D eigenvalue weighted by Gasteiger charge is -1.66. The van der Waals surface area contributed by atoms with Gasteiger partial charge >= 0.3 is 0 Å². The molecule has 0 aromatic rings. The van der Waals surface area contributed by atoms with Crippen molar-refractivity contribution < 1.29 is 0 Å². The van der Waals surface area contributed by atoms with Crippen molar-refractivity contribution in [3.63, 3.8) is 0 Å². The molecule has 1 unspecified atom stereocenters. The van der Waals surface area contributed by atoms with Gasteiger partial charge in [-0.15, -0.1) is 24.0 Å². The van der Waals surface area contributed by atoms with E-state index in [1.54, 1.807) is 0 Å². The summed E-state index contributed by atoms with van der Waals surface area (Å²) in [6.45, 7) is 2.19. The second-order valence-electron chi connectivity index (χ2n) is 0.487. The van der Waals surface area contributed by atoms with Crippen molar-refractivity contribution in [3.05, 3.63) is 0 Å². The number of halogens is 2. The zero-order valence-electron chi connectivity index (χ0n) is 2.99. The third-order valence-electron chi connectivity index (χ3n) is 0.134. The van der Waals surface area contributed by atoms with Gasteiger partial charge < -0.3 is 0 Å². The van der Waals surface area contributed by atoms with Crippen LogP contribution in [0.15, 0.2) is 0 Å². The topological polar surface area (TPSA) is 0 Å². The van der Waals surface area contributed by atoms with Crippen LogP contribution in [-0.4, -0.2) is 6.16 Å². The quantitative estimate of drug-likeness (QED) is 0.515. The summed E-state index contributed by atoms with van der Waals surface area (Å²) in [5, 5.41) is 0. The van der Waals surface area contributed by atoms with Crippen molar-refractivity contribution in [2.45, 2.75) is 6.92 Å². The molecule has 3 heteroatoms. The summed E-state index contributed by atoms with van der Waals surface area (Å²) in [6, 6.07) is 0. The van der Waals surface area contributed by atoms with Gasteiger partial charge in [-0.05, 0) is 6.16 Å². The monoisotopic (exact) mass is 316 g/mol. The van der Waals surface area contributed by atoms with Gasteiger partial charge in [0.1, 0.15) is 0 Å². The van der Waals surface area contributed by atoms with Gasteiger partial charge in [0.25, 0.3) is 0 Å². The molecule has 0 saturated carbocycles. The van der Waals surface area contributed by atoms with Crippen LogP contribution in [0.1, 0.15) is 6.92 Å². The first-order valence-corrected chi connectivity index (χ1v) is 5.57. The van der Waals surface area contributed by atoms with E-state index in [0.717, 1.165) is 6.22 Å². The molecule has 0 aromatic carbocycles. The molecule has 0 N–H and O–H groups in total. The van der Waals surface area contributed by atoms with Crippen LogP contribution in [0.3, 0.4) is 0 Å². The van der Waals surface area contributed by atoms with E-state index in [2.05, 4.69) is 29.0 Å². The standard InChI is InChI=1S/C2H6IP.HI/c1-2-4-3;/h4H,2H2,1H3;1H. The second kappa shape index (κ2) is 9.31. The molecular weight excluding hydrogens is 309 g/mol. The Morgan fingerprint density at radius 1 is 1.80 bits per heavy atom. The summed E-state index contributed by atoms with van der Waals surface area (Å²) in [4.78, 5) is 0. The first-order chi connectivity index (χ1) is 1.91. The van der Waals surface area contributed by atoms with E-state index in [1.165, 1.54) is 6.16 Å². The van der Waals surface area contributed by atoms with Crippen LogP contribution in [0, 0.1) is 0 Å². The zero-order chi connectivity index (χ0) is 3.41. The average Bonchev–Trinajstić information content (AvgIpc) is 1.37. The fourth-order valence-corrected chi connectivity index (χ4v) is 0. The predicted molar refractivity (Wildman–Crippen MR) is 48.3 cm³/mol. The summed E-state index contributed by atoms with van der Waals surface area (Å²) < 4.78 is 0. The molecule has 0 spiro atoms. The molecule has 0 aliphatic rings. The highest BCUT2D eigenvalue weighted by atomic mass is 127. The summed E-state index contributed by atoms with van der Waals surface area (Å²) >= 11 is 2.38. The molecule has 34 valence electrons. The number of hydrogen-bond donors (Lipinski definition) is 0. The summed E-state index contributed by atoms with van der Waals surface area (Å²) in [5.41, 5.74) is 0. The van der Waals surface area contributed by atoms with Crippen LogP contribution in [-0.2, 0) is 0 Å². The highest BCUT2D eigenvalue weighted by molar-refractivity contribution is 14.2. The van der Waals surface area contributed by atoms with Gasteiger partial charge in [-0.2, -0.15) is 0 Å². The average molecular weight is 316 g/mol. The molecular formula is C2H7I2P. The molecule has 5 heavy (non-hydrogen) atoms. The van der Waals surface area contributed by atoms with Crippen LogP contribution in [0.25, 0.3) is 0 Å². The maximum absolute atomic E-state index is 2.38. The SMILES string of the molecule is CCPI.I. The summed E-state index contributed by atoms with van der Waals surface area (Å²) in [7, 11) is 0. The molecule has 0 radical (unpaired) electrons. The first kappa shape index (κ1) is 10.00. The molecule has 0 aliphatic carbocycles. The van der Waals surface area contributed by atoms with Crippen LogP contribution in [0.5, 0.6) is 0 Å². The Morgan fingerprint density at radius 3 is 2.00 bits per heavy atom. The Bertz CT molecular complexity index is 9.61. The first-order valence-electron chi connectivity index (χ1n) is 1.25. The number of rotatable bonds is 1. The van der Waals surface area contributed by atoms with Gasteiger partial charge in [0, 0.05) is 0 Å². The van der Waals surface area contributed by atoms with Gasteiger partial charge in [0.05, 0.1) is 0 Å². The smallest absolute Gasteiger partial charge is 0.0291 e. The third kappa shape index (κ3) is 10.7. The largest absolute Gasteiger partial charge is 0.107 e. The minimum absolute atomic E-state index is 0. The van der Waals surface area contributed by atoms with E-state index in [-0.39, 0.29) is 24.0 Å². The minimum Gasteiger partial charge on any atom is -0.107 e. The fourth-order valence-electron chi connectivity index (χ4n) is 0. The lowest BCUT2D eigenvalue weighted by Crippen LogP contribution is -1.40. The van der Waals surface area contributed by atoms with Gasteiger partial charge in [-0.1, -0.05) is 35.2 Å². The van der Waals surface area contributed by atoms with E-state index >= 15 is 0 Å². The Hall–Kier alpha value is 1.89. The molecule has 0 bridgehead atoms. The van der Waals surface area contributed by atoms with E-state index < -0.39 is 0 Å². The van der Waals surface area contributed by atoms with Crippen molar-refractivity contribution in [2.24, 2.45) is 0 Å². The van der Waals surface area contributed by atoms with Gasteiger partial charge in [-0.25, -0.2) is 0 Å². The van der Waals surface area contributed by atoms with Crippen molar-refractivity contribution in [3.8, 4) is 0 Å². The molecule has 0 aliphatic heterocycles. The van der Waals surface area contributed by atoms with Crippen molar-refractivity contribution >= 4 is 52.2 Å². The maximum Gasteiger partial charge on any atom is -0.0291 e. The normalized spacial score (nSPS) is 8.40. The molecule has 0 amide bonds. The molecule has 1 atom stereocenters. The number of hydrogen-bond acceptors (Lipinski definition) is 0. The van der Waals surface area contributed by atoms with Crippen molar-refractivity contribution in [2.75, 3.05) is 6.16 Å². The van der Waals surface area contributed by atoms with Crippen LogP contribution >= 0.6 is 52.2 Å². The lowest BCUT2D eigenvalue weighted by atomic mass is 11.0. The van der Waals surface area contributed by atoms with Crippen molar-refractivity contribution in [1.82, 2.24) is 0 Å². The molecule has 0 aromatic heterocycles. The van der Waals surface area contributed by atoms with E-state index in [4.69, 9.17) is 0 Å². The lowest BCUT2D eigenvalue weighted by molar-refractivity contribution is 1.53. The Morgan fingerprint density at radius 2 is 2.00 bits per heavy atom. The predicted octanol–water partition coefficient (Wildman–Crippen LogP) is 2.65. The maximum atomic E-state index is 2.38. The highest BCUT2D eigenvalue weighted by Crippen LogP contribution is 2.17. The molecule has 0 nitrogen and oxygen atoms in total. The molecule has 0 saturated heterocycles. The van der Waals surface area contributed by atoms with E-state index in [9.17, 15) is 0 Å². The second-order valence-corrected chi connectivity index (χ2v) is 3.75. The van der Waals surface area contributed by atoms with Crippen LogP contribution in [0.2, 0.25) is 0 Å². The Balaban J connectivity index is 0. The van der Waals surface area contributed by atoms with Gasteiger partial charge in [0.2, 0.25) is 0 Å². The van der Waals surface area contributed by atoms with Crippen LogP contribution < -0.4 is 0 Å². The fraction of sp³-hybridized carbons (Fsp3) is 1.00. The van der Waals surface area contributed by atoms with E-state index in [1.807, 2.05) is 0 Å². The highest BCUT2D eigenvalue weighted by Gasteiger charge is 1.57. The van der Waals surface area contributed by atoms with Crippen molar-refractivity contribution in [1.29, 1.82) is 0 Å². The Labute approximate surface area is 64.8 Å². The summed E-state index contributed by atoms with van der Waals surface area (Å²) in [6.07, 6.45) is 2.44.